The number of benzene rings is 2. The molecule has 27 heavy (non-hydrogen) atoms. The summed E-state index contributed by atoms with van der Waals surface area (Å²) in [6, 6.07) is 9.68. The molecular weight excluding hydrogens is 415 g/mol. The molecule has 1 heterocycles. The van der Waals surface area contributed by atoms with E-state index in [4.69, 9.17) is 28.3 Å². The fourth-order valence-corrected chi connectivity index (χ4v) is 3.63. The molecule has 7 nitrogen and oxygen atoms in total. The van der Waals surface area contributed by atoms with Gasteiger partial charge in [-0.15, -0.1) is 0 Å². The Morgan fingerprint density at radius 3 is 2.19 bits per heavy atom. The van der Waals surface area contributed by atoms with Crippen LogP contribution < -0.4 is 5.14 Å². The number of rotatable bonds is 4. The van der Waals surface area contributed by atoms with Gasteiger partial charge in [-0.05, 0) is 29.8 Å². The highest BCUT2D eigenvalue weighted by Gasteiger charge is 2.39. The van der Waals surface area contributed by atoms with Crippen molar-refractivity contribution in [2.24, 2.45) is 5.14 Å². The number of carbonyl (C=O) groups excluding carboxylic acids is 2. The van der Waals surface area contributed by atoms with Gasteiger partial charge in [0, 0.05) is 10.6 Å². The van der Waals surface area contributed by atoms with E-state index in [2.05, 4.69) is 0 Å². The minimum atomic E-state index is -3.85. The Morgan fingerprint density at radius 1 is 1.00 bits per heavy atom. The molecule has 0 radical (unpaired) electrons. The first kappa shape index (κ1) is 19.4. The van der Waals surface area contributed by atoms with Gasteiger partial charge in [0.1, 0.15) is 0 Å². The number of hydrogen-bond donors (Lipinski definition) is 2. The monoisotopic (exact) mass is 426 g/mol. The number of nitrogens with zero attached hydrogens (tertiary/aromatic N) is 1. The largest absolute Gasteiger partial charge is 0.502 e. The molecule has 140 valence electrons. The lowest BCUT2D eigenvalue weighted by molar-refractivity contribution is -0.138. The van der Waals surface area contributed by atoms with E-state index in [1.807, 2.05) is 0 Å². The molecule has 0 bridgehead atoms. The van der Waals surface area contributed by atoms with Crippen molar-refractivity contribution in [2.75, 3.05) is 0 Å². The first-order valence-electron chi connectivity index (χ1n) is 7.46. The highest BCUT2D eigenvalue weighted by Crippen LogP contribution is 2.34. The van der Waals surface area contributed by atoms with Crippen LogP contribution in [0.1, 0.15) is 11.1 Å². The van der Waals surface area contributed by atoms with E-state index in [1.54, 1.807) is 0 Å². The molecule has 1 aliphatic rings. The maximum Gasteiger partial charge on any atom is 0.296 e. The summed E-state index contributed by atoms with van der Waals surface area (Å²) in [5, 5.41) is 15.6. The van der Waals surface area contributed by atoms with E-state index in [1.165, 1.54) is 42.5 Å². The third-order valence-corrected chi connectivity index (χ3v) is 5.41. The van der Waals surface area contributed by atoms with Crippen molar-refractivity contribution in [3.8, 4) is 0 Å². The third kappa shape index (κ3) is 3.70. The van der Waals surface area contributed by atoms with E-state index in [0.29, 0.717) is 10.6 Å². The topological polar surface area (TPSA) is 118 Å². The second kappa shape index (κ2) is 6.97. The average Bonchev–Trinajstić information content (AvgIpc) is 2.79. The Hall–Kier alpha value is -2.39. The van der Waals surface area contributed by atoms with Crippen LogP contribution in [0.3, 0.4) is 0 Å². The van der Waals surface area contributed by atoms with Gasteiger partial charge in [-0.3, -0.25) is 14.5 Å². The van der Waals surface area contributed by atoms with E-state index in [9.17, 15) is 23.1 Å². The number of imide groups is 1. The van der Waals surface area contributed by atoms with Crippen molar-refractivity contribution >= 4 is 50.6 Å². The highest BCUT2D eigenvalue weighted by molar-refractivity contribution is 7.89. The summed E-state index contributed by atoms with van der Waals surface area (Å²) in [6.07, 6.45) is 0. The zero-order valence-electron chi connectivity index (χ0n) is 13.5. The Balaban J connectivity index is 1.90. The van der Waals surface area contributed by atoms with E-state index in [-0.39, 0.29) is 27.6 Å². The van der Waals surface area contributed by atoms with Crippen LogP contribution >= 0.6 is 23.2 Å². The molecule has 0 unspecified atom stereocenters. The molecule has 0 spiro atoms. The molecular formula is C17H12Cl2N2O5S. The number of hydrogen-bond acceptors (Lipinski definition) is 5. The van der Waals surface area contributed by atoms with E-state index < -0.39 is 27.6 Å². The minimum Gasteiger partial charge on any atom is -0.502 e. The van der Waals surface area contributed by atoms with Crippen LogP contribution in [0.5, 0.6) is 0 Å². The Kier molecular flexibility index (Phi) is 5.00. The van der Waals surface area contributed by atoms with Gasteiger partial charge >= 0.3 is 0 Å². The lowest BCUT2D eigenvalue weighted by atomic mass is 10.1. The number of aliphatic hydroxyl groups excluding tert-OH is 1. The number of primary sulfonamides is 1. The molecule has 0 saturated carbocycles. The quantitative estimate of drug-likeness (QED) is 0.727. The number of aliphatic hydroxyl groups is 1. The lowest BCUT2D eigenvalue weighted by Crippen LogP contribution is -2.31. The smallest absolute Gasteiger partial charge is 0.296 e. The fourth-order valence-electron chi connectivity index (χ4n) is 2.61. The van der Waals surface area contributed by atoms with Crippen molar-refractivity contribution < 1.29 is 23.1 Å². The molecule has 2 amide bonds. The van der Waals surface area contributed by atoms with Gasteiger partial charge in [-0.25, -0.2) is 13.6 Å². The van der Waals surface area contributed by atoms with Crippen LogP contribution in [0.15, 0.2) is 53.1 Å². The van der Waals surface area contributed by atoms with Crippen molar-refractivity contribution in [3.63, 3.8) is 0 Å². The lowest BCUT2D eigenvalue weighted by Gasteiger charge is -2.15. The molecule has 3 rings (SSSR count). The number of nitrogens with two attached hydrogens (primary N) is 1. The molecule has 2 aromatic rings. The van der Waals surface area contributed by atoms with E-state index >= 15 is 0 Å². The zero-order chi connectivity index (χ0) is 19.9. The summed E-state index contributed by atoms with van der Waals surface area (Å²) in [6.45, 7) is -0.165. The second-order valence-corrected chi connectivity index (χ2v) is 8.14. The second-order valence-electron chi connectivity index (χ2n) is 5.73. The molecule has 2 aromatic carbocycles. The van der Waals surface area contributed by atoms with Crippen LogP contribution in [0.2, 0.25) is 10.0 Å². The summed E-state index contributed by atoms with van der Waals surface area (Å²) < 4.78 is 22.6. The normalized spacial score (nSPS) is 15.0. The summed E-state index contributed by atoms with van der Waals surface area (Å²) in [5.74, 6) is -2.32. The fraction of sp³-hybridized carbons (Fsp3) is 0.0588. The number of halogens is 2. The van der Waals surface area contributed by atoms with Gasteiger partial charge in [0.15, 0.2) is 5.76 Å². The zero-order valence-corrected chi connectivity index (χ0v) is 15.8. The maximum atomic E-state index is 12.7. The summed E-state index contributed by atoms with van der Waals surface area (Å²) in [7, 11) is -3.85. The molecule has 1 aliphatic heterocycles. The minimum absolute atomic E-state index is 0.0973. The summed E-state index contributed by atoms with van der Waals surface area (Å²) in [4.78, 5) is 25.7. The SMILES string of the molecule is NS(=O)(=O)c1ccc(CN2C(=O)C(O)=C(c3ccc(Cl)cc3Cl)C2=O)cc1. The van der Waals surface area contributed by atoms with Crippen LogP contribution in [-0.2, 0) is 26.2 Å². The number of amides is 2. The van der Waals surface area contributed by atoms with Gasteiger partial charge in [0.2, 0.25) is 10.0 Å². The van der Waals surface area contributed by atoms with Crippen LogP contribution in [0, 0.1) is 0 Å². The summed E-state index contributed by atoms with van der Waals surface area (Å²) >= 11 is 11.9. The molecule has 0 saturated heterocycles. The van der Waals surface area contributed by atoms with Crippen molar-refractivity contribution in [1.29, 1.82) is 0 Å². The molecule has 10 heteroatoms. The highest BCUT2D eigenvalue weighted by atomic mass is 35.5. The van der Waals surface area contributed by atoms with Crippen LogP contribution in [0.25, 0.3) is 5.57 Å². The number of sulfonamides is 1. The van der Waals surface area contributed by atoms with Gasteiger partial charge in [0.05, 0.1) is 22.0 Å². The number of carbonyl (C=O) groups is 2. The van der Waals surface area contributed by atoms with Gasteiger partial charge in [0.25, 0.3) is 11.8 Å². The van der Waals surface area contributed by atoms with Crippen molar-refractivity contribution in [3.05, 3.63) is 69.4 Å². The maximum absolute atomic E-state index is 12.7. The standard InChI is InChI=1S/C17H12Cl2N2O5S/c18-10-3-6-12(13(19)7-10)14-15(22)17(24)21(16(14)23)8-9-1-4-11(5-2-9)27(20,25)26/h1-7,22H,8H2,(H2,20,25,26). The first-order chi connectivity index (χ1) is 12.6. The molecule has 0 fully saturated rings. The molecule has 0 aliphatic carbocycles. The van der Waals surface area contributed by atoms with Crippen LogP contribution in [0.4, 0.5) is 0 Å². The Bertz CT molecular complexity index is 1090. The Labute approximate surface area is 164 Å². The summed E-state index contributed by atoms with van der Waals surface area (Å²) in [5.41, 5.74) is 0.437. The van der Waals surface area contributed by atoms with Crippen LogP contribution in [-0.4, -0.2) is 30.2 Å². The molecule has 0 atom stereocenters. The molecule has 0 aromatic heterocycles. The van der Waals surface area contributed by atoms with E-state index in [0.717, 1.165) is 4.90 Å². The molecule has 3 N–H and O–H groups in total. The van der Waals surface area contributed by atoms with Gasteiger partial charge < -0.3 is 5.11 Å². The van der Waals surface area contributed by atoms with Crippen molar-refractivity contribution in [1.82, 2.24) is 4.90 Å². The van der Waals surface area contributed by atoms with Crippen molar-refractivity contribution in [2.45, 2.75) is 11.4 Å². The predicted molar refractivity (Wildman–Crippen MR) is 99.4 cm³/mol. The average molecular weight is 427 g/mol. The Morgan fingerprint density at radius 2 is 1.63 bits per heavy atom. The predicted octanol–water partition coefficient (Wildman–Crippen LogP) is 2.48. The third-order valence-electron chi connectivity index (χ3n) is 3.94. The van der Waals surface area contributed by atoms with Gasteiger partial charge in [-0.2, -0.15) is 0 Å². The first-order valence-corrected chi connectivity index (χ1v) is 9.76. The van der Waals surface area contributed by atoms with Gasteiger partial charge in [-0.1, -0.05) is 41.4 Å².